The van der Waals surface area contributed by atoms with E-state index in [1.54, 1.807) is 12.1 Å². The Labute approximate surface area is 122 Å². The number of halogens is 1. The molecule has 1 aliphatic rings. The lowest BCUT2D eigenvalue weighted by molar-refractivity contribution is 0.134. The van der Waals surface area contributed by atoms with Gasteiger partial charge in [0.2, 0.25) is 0 Å². The quantitative estimate of drug-likeness (QED) is 0.670. The molecule has 110 valence electrons. The van der Waals surface area contributed by atoms with Crippen molar-refractivity contribution >= 4 is 0 Å². The molecule has 0 saturated carbocycles. The molecule has 1 atom stereocenters. The Morgan fingerprint density at radius 1 is 1.14 bits per heavy atom. The molecule has 0 saturated heterocycles. The minimum atomic E-state index is -0.403. The van der Waals surface area contributed by atoms with Crippen LogP contribution in [0.1, 0.15) is 28.3 Å². The Balaban J connectivity index is 1.96. The van der Waals surface area contributed by atoms with Crippen molar-refractivity contribution in [2.45, 2.75) is 19.3 Å². The summed E-state index contributed by atoms with van der Waals surface area (Å²) in [4.78, 5) is 0. The first-order valence-corrected chi connectivity index (χ1v) is 6.72. The SMILES string of the molecule is COc1ccc(C(NN)c2ccc3c(c2)COC3)cc1F. The highest BCUT2D eigenvalue weighted by Crippen LogP contribution is 2.29. The molecule has 2 aromatic carbocycles. The van der Waals surface area contributed by atoms with Crippen LogP contribution in [0, 0.1) is 5.82 Å². The standard InChI is InChI=1S/C16H17FN2O2/c1-20-15-5-4-11(7-14(15)17)16(19-18)10-2-3-12-8-21-9-13(12)6-10/h2-7,16,19H,8-9,18H2,1H3. The predicted molar refractivity (Wildman–Crippen MR) is 77.1 cm³/mol. The van der Waals surface area contributed by atoms with E-state index in [0.29, 0.717) is 13.2 Å². The highest BCUT2D eigenvalue weighted by atomic mass is 19.1. The molecule has 21 heavy (non-hydrogen) atoms. The molecule has 1 aliphatic heterocycles. The van der Waals surface area contributed by atoms with Crippen molar-refractivity contribution < 1.29 is 13.9 Å². The van der Waals surface area contributed by atoms with E-state index in [4.69, 9.17) is 15.3 Å². The molecule has 1 unspecified atom stereocenters. The summed E-state index contributed by atoms with van der Waals surface area (Å²) in [5.41, 5.74) is 6.81. The third-order valence-electron chi connectivity index (χ3n) is 3.75. The fraction of sp³-hybridized carbons (Fsp3) is 0.250. The number of rotatable bonds is 4. The highest BCUT2D eigenvalue weighted by Gasteiger charge is 2.18. The Hall–Kier alpha value is -1.95. The summed E-state index contributed by atoms with van der Waals surface area (Å²) in [5.74, 6) is 5.48. The van der Waals surface area contributed by atoms with Gasteiger partial charge >= 0.3 is 0 Å². The van der Waals surface area contributed by atoms with Crippen LogP contribution < -0.4 is 16.0 Å². The second-order valence-electron chi connectivity index (χ2n) is 5.01. The number of methoxy groups -OCH3 is 1. The van der Waals surface area contributed by atoms with Crippen molar-refractivity contribution in [3.8, 4) is 5.75 Å². The number of hydrogen-bond donors (Lipinski definition) is 2. The van der Waals surface area contributed by atoms with Crippen molar-refractivity contribution in [3.05, 3.63) is 64.5 Å². The molecular formula is C16H17FN2O2. The van der Waals surface area contributed by atoms with E-state index in [1.165, 1.54) is 18.7 Å². The van der Waals surface area contributed by atoms with Gasteiger partial charge in [-0.15, -0.1) is 0 Å². The maximum atomic E-state index is 13.9. The van der Waals surface area contributed by atoms with Crippen LogP contribution in [-0.4, -0.2) is 7.11 Å². The lowest BCUT2D eigenvalue weighted by Gasteiger charge is -2.18. The highest BCUT2D eigenvalue weighted by molar-refractivity contribution is 5.40. The van der Waals surface area contributed by atoms with Gasteiger partial charge in [0, 0.05) is 0 Å². The number of ether oxygens (including phenoxy) is 2. The Morgan fingerprint density at radius 3 is 2.57 bits per heavy atom. The minimum absolute atomic E-state index is 0.219. The first kappa shape index (κ1) is 14.0. The zero-order valence-electron chi connectivity index (χ0n) is 11.7. The normalized spacial score (nSPS) is 14.8. The van der Waals surface area contributed by atoms with Gasteiger partial charge in [0.05, 0.1) is 26.4 Å². The molecule has 3 N–H and O–H groups in total. The van der Waals surface area contributed by atoms with E-state index in [2.05, 4.69) is 11.5 Å². The third-order valence-corrected chi connectivity index (χ3v) is 3.75. The number of nitrogens with two attached hydrogens (primary N) is 1. The molecule has 1 heterocycles. The van der Waals surface area contributed by atoms with Gasteiger partial charge < -0.3 is 9.47 Å². The molecule has 0 amide bonds. The molecule has 0 radical (unpaired) electrons. The van der Waals surface area contributed by atoms with Crippen LogP contribution in [0.25, 0.3) is 0 Å². The van der Waals surface area contributed by atoms with E-state index in [-0.39, 0.29) is 11.8 Å². The number of hydrazine groups is 1. The summed E-state index contributed by atoms with van der Waals surface area (Å²) in [6.07, 6.45) is 0. The van der Waals surface area contributed by atoms with Gasteiger partial charge in [0.25, 0.3) is 0 Å². The molecule has 2 aromatic rings. The summed E-state index contributed by atoms with van der Waals surface area (Å²) >= 11 is 0. The molecule has 4 nitrogen and oxygen atoms in total. The number of benzene rings is 2. The molecule has 0 spiro atoms. The molecule has 0 aromatic heterocycles. The molecule has 0 bridgehead atoms. The summed E-state index contributed by atoms with van der Waals surface area (Å²) in [5, 5.41) is 0. The zero-order chi connectivity index (χ0) is 14.8. The lowest BCUT2D eigenvalue weighted by Crippen LogP contribution is -2.29. The zero-order valence-corrected chi connectivity index (χ0v) is 11.7. The van der Waals surface area contributed by atoms with Gasteiger partial charge in [-0.05, 0) is 34.4 Å². The van der Waals surface area contributed by atoms with Gasteiger partial charge in [0.15, 0.2) is 11.6 Å². The molecule has 0 aliphatic carbocycles. The maximum absolute atomic E-state index is 13.9. The van der Waals surface area contributed by atoms with Crippen molar-refractivity contribution in [3.63, 3.8) is 0 Å². The fourth-order valence-corrected chi connectivity index (χ4v) is 2.62. The average Bonchev–Trinajstić information content (AvgIpc) is 2.96. The Bertz CT molecular complexity index is 661. The number of fused-ring (bicyclic) bond motifs is 1. The van der Waals surface area contributed by atoms with Crippen LogP contribution in [0.15, 0.2) is 36.4 Å². The number of hydrogen-bond acceptors (Lipinski definition) is 4. The van der Waals surface area contributed by atoms with Crippen molar-refractivity contribution in [1.82, 2.24) is 5.43 Å². The summed E-state index contributed by atoms with van der Waals surface area (Å²) < 4.78 is 24.2. The first-order valence-electron chi connectivity index (χ1n) is 6.72. The fourth-order valence-electron chi connectivity index (χ4n) is 2.62. The lowest BCUT2D eigenvalue weighted by atomic mass is 9.96. The van der Waals surface area contributed by atoms with E-state index >= 15 is 0 Å². The molecule has 5 heteroatoms. The van der Waals surface area contributed by atoms with E-state index in [1.807, 2.05) is 12.1 Å². The van der Waals surface area contributed by atoms with Gasteiger partial charge in [-0.25, -0.2) is 9.82 Å². The Morgan fingerprint density at radius 2 is 1.86 bits per heavy atom. The number of nitrogens with one attached hydrogen (secondary N) is 1. The van der Waals surface area contributed by atoms with Crippen LogP contribution in [0.3, 0.4) is 0 Å². The second kappa shape index (κ2) is 5.81. The van der Waals surface area contributed by atoms with Crippen LogP contribution in [0.5, 0.6) is 5.75 Å². The van der Waals surface area contributed by atoms with Crippen LogP contribution >= 0.6 is 0 Å². The monoisotopic (exact) mass is 288 g/mol. The van der Waals surface area contributed by atoms with Gasteiger partial charge in [-0.1, -0.05) is 24.3 Å². The van der Waals surface area contributed by atoms with Gasteiger partial charge in [-0.3, -0.25) is 5.84 Å². The molecule has 0 fully saturated rings. The van der Waals surface area contributed by atoms with Gasteiger partial charge in [-0.2, -0.15) is 0 Å². The average molecular weight is 288 g/mol. The summed E-state index contributed by atoms with van der Waals surface area (Å²) in [6, 6.07) is 10.6. The topological polar surface area (TPSA) is 56.5 Å². The maximum Gasteiger partial charge on any atom is 0.165 e. The summed E-state index contributed by atoms with van der Waals surface area (Å²) in [6.45, 7) is 1.25. The van der Waals surface area contributed by atoms with Crippen molar-refractivity contribution in [2.24, 2.45) is 5.84 Å². The van der Waals surface area contributed by atoms with Crippen molar-refractivity contribution in [2.75, 3.05) is 7.11 Å². The first-order chi connectivity index (χ1) is 10.2. The second-order valence-corrected chi connectivity index (χ2v) is 5.01. The third kappa shape index (κ3) is 2.63. The largest absolute Gasteiger partial charge is 0.494 e. The molecule has 3 rings (SSSR count). The van der Waals surface area contributed by atoms with Crippen LogP contribution in [0.2, 0.25) is 0 Å². The van der Waals surface area contributed by atoms with Crippen LogP contribution in [0.4, 0.5) is 4.39 Å². The van der Waals surface area contributed by atoms with Crippen LogP contribution in [-0.2, 0) is 18.0 Å². The van der Waals surface area contributed by atoms with E-state index in [9.17, 15) is 4.39 Å². The molecular weight excluding hydrogens is 271 g/mol. The summed E-state index contributed by atoms with van der Waals surface area (Å²) in [7, 11) is 1.44. The van der Waals surface area contributed by atoms with E-state index < -0.39 is 5.82 Å². The van der Waals surface area contributed by atoms with E-state index in [0.717, 1.165) is 16.7 Å². The predicted octanol–water partition coefficient (Wildman–Crippen LogP) is 2.42. The minimum Gasteiger partial charge on any atom is -0.494 e. The Kier molecular flexibility index (Phi) is 3.88. The van der Waals surface area contributed by atoms with Crippen molar-refractivity contribution in [1.29, 1.82) is 0 Å². The van der Waals surface area contributed by atoms with Gasteiger partial charge in [0.1, 0.15) is 0 Å². The smallest absolute Gasteiger partial charge is 0.165 e.